The van der Waals surface area contributed by atoms with Crippen LogP contribution in [0.4, 0.5) is 4.39 Å². The van der Waals surface area contributed by atoms with E-state index in [1.54, 1.807) is 17.0 Å². The van der Waals surface area contributed by atoms with E-state index in [4.69, 9.17) is 4.84 Å². The number of benzene rings is 2. The summed E-state index contributed by atoms with van der Waals surface area (Å²) in [6, 6.07) is 15.6. The smallest absolute Gasteiger partial charge is 0.254 e. The molecule has 0 radical (unpaired) electrons. The van der Waals surface area contributed by atoms with Gasteiger partial charge in [-0.3, -0.25) is 4.79 Å². The number of fused-ring (bicyclic) bond motifs is 1. The average Bonchev–Trinajstić information content (AvgIpc) is 3.15. The number of carbonyl (C=O) groups is 1. The third-order valence-electron chi connectivity index (χ3n) is 4.33. The van der Waals surface area contributed by atoms with Crippen LogP contribution in [-0.2, 0) is 4.84 Å². The Balaban J connectivity index is 1.54. The van der Waals surface area contributed by atoms with Crippen LogP contribution in [0, 0.1) is 11.7 Å². The quantitative estimate of drug-likeness (QED) is 0.856. The summed E-state index contributed by atoms with van der Waals surface area (Å²) in [5, 5.41) is 4.19. The van der Waals surface area contributed by atoms with Crippen LogP contribution >= 0.6 is 0 Å². The monoisotopic (exact) mass is 310 g/mol. The third kappa shape index (κ3) is 2.48. The lowest BCUT2D eigenvalue weighted by Gasteiger charge is -2.17. The fourth-order valence-corrected chi connectivity index (χ4v) is 3.18. The predicted octanol–water partition coefficient (Wildman–Crippen LogP) is 2.70. The molecule has 5 heteroatoms. The van der Waals surface area contributed by atoms with Crippen LogP contribution in [0.15, 0.2) is 59.8 Å². The first kappa shape index (κ1) is 13.9. The molecule has 116 valence electrons. The highest BCUT2D eigenvalue weighted by molar-refractivity contribution is 6.04. The Kier molecular flexibility index (Phi) is 3.33. The molecular formula is C18H15FN2O2. The fraction of sp³-hybridized carbons (Fsp3) is 0.222. The number of hydrogen-bond acceptors (Lipinski definition) is 3. The van der Waals surface area contributed by atoms with Gasteiger partial charge in [0, 0.05) is 12.1 Å². The van der Waals surface area contributed by atoms with Crippen molar-refractivity contribution >= 4 is 11.6 Å². The lowest BCUT2D eigenvalue weighted by atomic mass is 9.95. The topological polar surface area (TPSA) is 41.9 Å². The van der Waals surface area contributed by atoms with Gasteiger partial charge in [0.15, 0.2) is 6.10 Å². The Morgan fingerprint density at radius 2 is 1.96 bits per heavy atom. The van der Waals surface area contributed by atoms with Crippen molar-refractivity contribution in [2.45, 2.75) is 6.10 Å². The van der Waals surface area contributed by atoms with E-state index in [2.05, 4.69) is 5.16 Å². The van der Waals surface area contributed by atoms with Crippen LogP contribution in [0.3, 0.4) is 0 Å². The van der Waals surface area contributed by atoms with Gasteiger partial charge in [-0.15, -0.1) is 0 Å². The summed E-state index contributed by atoms with van der Waals surface area (Å²) in [6.45, 7) is 1.01. The van der Waals surface area contributed by atoms with E-state index in [0.717, 1.165) is 11.3 Å². The minimum Gasteiger partial charge on any atom is -0.390 e. The molecule has 1 amide bonds. The molecule has 2 unspecified atom stereocenters. The van der Waals surface area contributed by atoms with Gasteiger partial charge in [-0.2, -0.15) is 0 Å². The SMILES string of the molecule is O=C(c1cccc(F)c1)N1CC2ON=C(c3ccccc3)C2C1. The van der Waals surface area contributed by atoms with E-state index in [0.29, 0.717) is 18.7 Å². The van der Waals surface area contributed by atoms with Gasteiger partial charge in [-0.05, 0) is 23.8 Å². The third-order valence-corrected chi connectivity index (χ3v) is 4.33. The maximum Gasteiger partial charge on any atom is 0.254 e. The van der Waals surface area contributed by atoms with Crippen molar-refractivity contribution in [1.82, 2.24) is 4.90 Å². The molecular weight excluding hydrogens is 295 g/mol. The number of hydrogen-bond donors (Lipinski definition) is 0. The van der Waals surface area contributed by atoms with Crippen LogP contribution in [0.2, 0.25) is 0 Å². The highest BCUT2D eigenvalue weighted by atomic mass is 19.1. The molecule has 2 heterocycles. The Morgan fingerprint density at radius 3 is 2.74 bits per heavy atom. The predicted molar refractivity (Wildman–Crippen MR) is 83.6 cm³/mol. The number of likely N-dealkylation sites (tertiary alicyclic amines) is 1. The highest BCUT2D eigenvalue weighted by Gasteiger charge is 2.44. The second-order valence-electron chi connectivity index (χ2n) is 5.81. The van der Waals surface area contributed by atoms with Crippen LogP contribution in [0.5, 0.6) is 0 Å². The fourth-order valence-electron chi connectivity index (χ4n) is 3.18. The minimum absolute atomic E-state index is 0.0647. The first-order chi connectivity index (χ1) is 11.2. The second kappa shape index (κ2) is 5.50. The number of carbonyl (C=O) groups excluding carboxylic acids is 1. The number of rotatable bonds is 2. The molecule has 2 atom stereocenters. The van der Waals surface area contributed by atoms with E-state index in [9.17, 15) is 9.18 Å². The molecule has 0 N–H and O–H groups in total. The van der Waals surface area contributed by atoms with E-state index in [1.165, 1.54) is 12.1 Å². The van der Waals surface area contributed by atoms with Crippen molar-refractivity contribution < 1.29 is 14.0 Å². The van der Waals surface area contributed by atoms with Crippen molar-refractivity contribution in [3.8, 4) is 0 Å². The van der Waals surface area contributed by atoms with E-state index >= 15 is 0 Å². The van der Waals surface area contributed by atoms with E-state index in [-0.39, 0.29) is 17.9 Å². The van der Waals surface area contributed by atoms with Gasteiger partial charge in [-0.25, -0.2) is 4.39 Å². The molecule has 23 heavy (non-hydrogen) atoms. The normalized spacial score (nSPS) is 22.5. The lowest BCUT2D eigenvalue weighted by molar-refractivity contribution is 0.0631. The van der Waals surface area contributed by atoms with Gasteiger partial charge in [0.1, 0.15) is 5.82 Å². The highest BCUT2D eigenvalue weighted by Crippen LogP contribution is 2.30. The van der Waals surface area contributed by atoms with Gasteiger partial charge < -0.3 is 9.74 Å². The second-order valence-corrected chi connectivity index (χ2v) is 5.81. The minimum atomic E-state index is -0.405. The first-order valence-corrected chi connectivity index (χ1v) is 7.56. The van der Waals surface area contributed by atoms with Gasteiger partial charge in [0.2, 0.25) is 0 Å². The standard InChI is InChI=1S/C18H15FN2O2/c19-14-8-4-7-13(9-14)18(22)21-10-15-16(11-21)23-20-17(15)12-5-2-1-3-6-12/h1-9,15-16H,10-11H2. The van der Waals surface area contributed by atoms with Crippen molar-refractivity contribution in [3.05, 3.63) is 71.5 Å². The molecule has 4 rings (SSSR count). The number of oxime groups is 1. The zero-order chi connectivity index (χ0) is 15.8. The first-order valence-electron chi connectivity index (χ1n) is 7.56. The van der Waals surface area contributed by atoms with Crippen LogP contribution < -0.4 is 0 Å². The summed E-state index contributed by atoms with van der Waals surface area (Å²) in [6.07, 6.45) is -0.122. The molecule has 2 aliphatic heterocycles. The molecule has 0 saturated carbocycles. The van der Waals surface area contributed by atoms with E-state index in [1.807, 2.05) is 30.3 Å². The summed E-state index contributed by atoms with van der Waals surface area (Å²) < 4.78 is 13.3. The maximum atomic E-state index is 13.3. The van der Waals surface area contributed by atoms with E-state index < -0.39 is 5.82 Å². The summed E-state index contributed by atoms with van der Waals surface area (Å²) in [5.74, 6) is -0.511. The van der Waals surface area contributed by atoms with Gasteiger partial charge in [-0.1, -0.05) is 41.6 Å². The van der Waals surface area contributed by atoms with Crippen molar-refractivity contribution in [2.24, 2.45) is 11.1 Å². The Hall–Kier alpha value is -2.69. The summed E-state index contributed by atoms with van der Waals surface area (Å²) >= 11 is 0. The van der Waals surface area contributed by atoms with Crippen LogP contribution in [0.25, 0.3) is 0 Å². The molecule has 4 nitrogen and oxygen atoms in total. The molecule has 1 saturated heterocycles. The lowest BCUT2D eigenvalue weighted by Crippen LogP contribution is -2.30. The van der Waals surface area contributed by atoms with Crippen LogP contribution in [-0.4, -0.2) is 35.7 Å². The van der Waals surface area contributed by atoms with Gasteiger partial charge in [0.25, 0.3) is 5.91 Å². The molecule has 2 aromatic carbocycles. The van der Waals surface area contributed by atoms with Gasteiger partial charge in [0.05, 0.1) is 18.2 Å². The molecule has 0 aliphatic carbocycles. The molecule has 0 aromatic heterocycles. The number of nitrogens with zero attached hydrogens (tertiary/aromatic N) is 2. The molecule has 0 spiro atoms. The Morgan fingerprint density at radius 1 is 1.13 bits per heavy atom. The summed E-state index contributed by atoms with van der Waals surface area (Å²) in [5.41, 5.74) is 2.26. The van der Waals surface area contributed by atoms with Crippen molar-refractivity contribution in [2.75, 3.05) is 13.1 Å². The Labute approximate surface area is 133 Å². The van der Waals surface area contributed by atoms with Gasteiger partial charge >= 0.3 is 0 Å². The maximum absolute atomic E-state index is 13.3. The largest absolute Gasteiger partial charge is 0.390 e. The molecule has 1 fully saturated rings. The molecule has 2 aromatic rings. The number of halogens is 1. The zero-order valence-corrected chi connectivity index (χ0v) is 12.4. The Bertz CT molecular complexity index is 776. The zero-order valence-electron chi connectivity index (χ0n) is 12.4. The summed E-state index contributed by atoms with van der Waals surface area (Å²) in [4.78, 5) is 19.8. The molecule has 0 bridgehead atoms. The van der Waals surface area contributed by atoms with Crippen molar-refractivity contribution in [1.29, 1.82) is 0 Å². The molecule has 2 aliphatic rings. The van der Waals surface area contributed by atoms with Crippen LogP contribution in [0.1, 0.15) is 15.9 Å². The van der Waals surface area contributed by atoms with Crippen molar-refractivity contribution in [3.63, 3.8) is 0 Å². The summed E-state index contributed by atoms with van der Waals surface area (Å²) in [7, 11) is 0. The average molecular weight is 310 g/mol. The number of amides is 1.